The van der Waals surface area contributed by atoms with Crippen molar-refractivity contribution in [2.45, 2.75) is 20.4 Å². The highest BCUT2D eigenvalue weighted by atomic mass is 35.5. The van der Waals surface area contributed by atoms with Gasteiger partial charge < -0.3 is 20.3 Å². The molecule has 0 saturated carbocycles. The first-order valence-corrected chi connectivity index (χ1v) is 9.69. The number of likely N-dealkylation sites (N-methyl/N-ethyl adjacent to an activating group) is 1. The van der Waals surface area contributed by atoms with E-state index in [2.05, 4.69) is 10.6 Å². The first kappa shape index (κ1) is 22.4. The Balaban J connectivity index is 2.03. The van der Waals surface area contributed by atoms with Crippen molar-refractivity contribution in [2.75, 3.05) is 24.3 Å². The summed E-state index contributed by atoms with van der Waals surface area (Å²) in [5.41, 5.74) is 0.711. The number of esters is 1. The number of nitrogens with one attached hydrogen (secondary N) is 2. The number of hydrogen-bond donors (Lipinski definition) is 2. The largest absolute Gasteiger partial charge is 0.452 e. The molecule has 0 spiro atoms. The fraction of sp³-hybridized carbons (Fsp3) is 0.263. The molecular weight excluding hydrogens is 418 g/mol. The van der Waals surface area contributed by atoms with E-state index in [9.17, 15) is 19.2 Å². The molecule has 8 nitrogen and oxygen atoms in total. The summed E-state index contributed by atoms with van der Waals surface area (Å²) < 4.78 is 5.72. The van der Waals surface area contributed by atoms with Gasteiger partial charge in [-0.25, -0.2) is 4.79 Å². The molecule has 0 aliphatic heterocycles. The van der Waals surface area contributed by atoms with Crippen LogP contribution in [0.4, 0.5) is 11.4 Å². The van der Waals surface area contributed by atoms with Crippen LogP contribution in [0.1, 0.15) is 29.1 Å². The number of thiophene rings is 1. The predicted molar refractivity (Wildman–Crippen MR) is 111 cm³/mol. The summed E-state index contributed by atoms with van der Waals surface area (Å²) in [4.78, 5) is 49.5. The van der Waals surface area contributed by atoms with E-state index in [1.807, 2.05) is 6.07 Å². The predicted octanol–water partition coefficient (Wildman–Crippen LogP) is 3.13. The number of halogens is 1. The molecule has 0 bridgehead atoms. The molecule has 154 valence electrons. The van der Waals surface area contributed by atoms with E-state index in [1.165, 1.54) is 48.3 Å². The first-order chi connectivity index (χ1) is 13.6. The van der Waals surface area contributed by atoms with Crippen LogP contribution in [0.5, 0.6) is 0 Å². The molecule has 1 heterocycles. The van der Waals surface area contributed by atoms with E-state index >= 15 is 0 Å². The SMILES string of the molecule is CC(=O)Nc1cc(NC(C)=O)cc(C(=O)OCC(=O)N(C)Cc2ccc(Cl)s2)c1. The maximum atomic E-state index is 12.4. The van der Waals surface area contributed by atoms with Crippen LogP contribution in [0, 0.1) is 0 Å². The maximum Gasteiger partial charge on any atom is 0.338 e. The van der Waals surface area contributed by atoms with Gasteiger partial charge in [-0.3, -0.25) is 14.4 Å². The van der Waals surface area contributed by atoms with Crippen molar-refractivity contribution in [3.63, 3.8) is 0 Å². The third kappa shape index (κ3) is 7.20. The molecule has 0 unspecified atom stereocenters. The summed E-state index contributed by atoms with van der Waals surface area (Å²) in [5.74, 6) is -1.82. The van der Waals surface area contributed by atoms with Crippen LogP contribution < -0.4 is 10.6 Å². The Kier molecular flexibility index (Phi) is 7.74. The number of anilines is 2. The van der Waals surface area contributed by atoms with Crippen molar-refractivity contribution >= 4 is 58.0 Å². The minimum Gasteiger partial charge on any atom is -0.452 e. The van der Waals surface area contributed by atoms with Crippen LogP contribution in [0.15, 0.2) is 30.3 Å². The van der Waals surface area contributed by atoms with E-state index in [0.29, 0.717) is 22.3 Å². The average Bonchev–Trinajstić information content (AvgIpc) is 3.02. The summed E-state index contributed by atoms with van der Waals surface area (Å²) in [6.45, 7) is 2.53. The lowest BCUT2D eigenvalue weighted by Crippen LogP contribution is -2.30. The van der Waals surface area contributed by atoms with Gasteiger partial charge in [0.2, 0.25) is 11.8 Å². The monoisotopic (exact) mass is 437 g/mol. The zero-order valence-corrected chi connectivity index (χ0v) is 17.6. The Morgan fingerprint density at radius 2 is 1.62 bits per heavy atom. The van der Waals surface area contributed by atoms with Gasteiger partial charge in [0.1, 0.15) is 0 Å². The second-order valence-corrected chi connectivity index (χ2v) is 7.99. The molecule has 0 fully saturated rings. The van der Waals surface area contributed by atoms with Gasteiger partial charge in [-0.15, -0.1) is 11.3 Å². The fourth-order valence-electron chi connectivity index (χ4n) is 2.38. The number of amides is 3. The minimum atomic E-state index is -0.760. The number of carbonyl (C=O) groups excluding carboxylic acids is 4. The van der Waals surface area contributed by atoms with E-state index < -0.39 is 12.6 Å². The van der Waals surface area contributed by atoms with Crippen molar-refractivity contribution in [2.24, 2.45) is 0 Å². The topological polar surface area (TPSA) is 105 Å². The molecule has 2 rings (SSSR count). The molecule has 29 heavy (non-hydrogen) atoms. The Bertz CT molecular complexity index is 909. The zero-order valence-electron chi connectivity index (χ0n) is 16.1. The van der Waals surface area contributed by atoms with E-state index in [0.717, 1.165) is 4.88 Å². The molecule has 0 aliphatic carbocycles. The second kappa shape index (κ2) is 10.0. The molecule has 1 aromatic carbocycles. The summed E-state index contributed by atoms with van der Waals surface area (Å²) >= 11 is 7.24. The Morgan fingerprint density at radius 1 is 1.03 bits per heavy atom. The lowest BCUT2D eigenvalue weighted by atomic mass is 10.1. The van der Waals surface area contributed by atoms with Gasteiger partial charge in [0, 0.05) is 37.1 Å². The number of nitrogens with zero attached hydrogens (tertiary/aromatic N) is 1. The Hall–Kier alpha value is -2.91. The minimum absolute atomic E-state index is 0.0838. The van der Waals surface area contributed by atoms with E-state index in [-0.39, 0.29) is 23.3 Å². The molecule has 2 aromatic rings. The number of hydrogen-bond acceptors (Lipinski definition) is 6. The highest BCUT2D eigenvalue weighted by Gasteiger charge is 2.16. The normalized spacial score (nSPS) is 10.2. The molecular formula is C19H20ClN3O5S. The third-order valence-electron chi connectivity index (χ3n) is 3.58. The van der Waals surface area contributed by atoms with Gasteiger partial charge in [0.25, 0.3) is 5.91 Å². The summed E-state index contributed by atoms with van der Waals surface area (Å²) in [5, 5.41) is 5.09. The standard InChI is InChI=1S/C19H20ClN3O5S/c1-11(24)21-14-6-13(7-15(8-14)22-12(2)25)19(27)28-10-18(26)23(3)9-16-4-5-17(20)29-16/h4-8H,9-10H2,1-3H3,(H,21,24)(H,22,25). The van der Waals surface area contributed by atoms with Crippen LogP contribution in [0.2, 0.25) is 4.34 Å². The molecule has 1 aromatic heterocycles. The van der Waals surface area contributed by atoms with Crippen LogP contribution in [-0.2, 0) is 25.7 Å². The number of benzene rings is 1. The molecule has 10 heteroatoms. The van der Waals surface area contributed by atoms with Crippen molar-refractivity contribution in [1.29, 1.82) is 0 Å². The summed E-state index contributed by atoms with van der Waals surface area (Å²) in [6, 6.07) is 7.87. The van der Waals surface area contributed by atoms with Crippen molar-refractivity contribution in [3.05, 3.63) is 45.1 Å². The van der Waals surface area contributed by atoms with Gasteiger partial charge in [-0.2, -0.15) is 0 Å². The number of rotatable bonds is 7. The Labute approximate surface area is 176 Å². The molecule has 0 radical (unpaired) electrons. The highest BCUT2D eigenvalue weighted by Crippen LogP contribution is 2.23. The lowest BCUT2D eigenvalue weighted by Gasteiger charge is -2.16. The fourth-order valence-corrected chi connectivity index (χ4v) is 3.52. The third-order valence-corrected chi connectivity index (χ3v) is 4.80. The number of carbonyl (C=O) groups is 4. The van der Waals surface area contributed by atoms with Crippen molar-refractivity contribution < 1.29 is 23.9 Å². The van der Waals surface area contributed by atoms with Crippen LogP contribution in [-0.4, -0.2) is 42.2 Å². The lowest BCUT2D eigenvalue weighted by molar-refractivity contribution is -0.133. The second-order valence-electron chi connectivity index (χ2n) is 6.19. The van der Waals surface area contributed by atoms with Crippen LogP contribution >= 0.6 is 22.9 Å². The van der Waals surface area contributed by atoms with Crippen molar-refractivity contribution in [1.82, 2.24) is 4.90 Å². The zero-order chi connectivity index (χ0) is 21.6. The van der Waals surface area contributed by atoms with Gasteiger partial charge in [0.15, 0.2) is 6.61 Å². The van der Waals surface area contributed by atoms with Gasteiger partial charge in [-0.05, 0) is 30.3 Å². The molecule has 0 atom stereocenters. The molecule has 3 amide bonds. The van der Waals surface area contributed by atoms with Gasteiger partial charge in [-0.1, -0.05) is 11.6 Å². The van der Waals surface area contributed by atoms with Gasteiger partial charge >= 0.3 is 5.97 Å². The van der Waals surface area contributed by atoms with Crippen molar-refractivity contribution in [3.8, 4) is 0 Å². The summed E-state index contributed by atoms with van der Waals surface area (Å²) in [7, 11) is 1.59. The van der Waals surface area contributed by atoms with Crippen LogP contribution in [0.25, 0.3) is 0 Å². The maximum absolute atomic E-state index is 12.4. The quantitative estimate of drug-likeness (QED) is 0.647. The molecule has 2 N–H and O–H groups in total. The van der Waals surface area contributed by atoms with E-state index in [4.69, 9.17) is 16.3 Å². The highest BCUT2D eigenvalue weighted by molar-refractivity contribution is 7.16. The Morgan fingerprint density at radius 3 is 2.10 bits per heavy atom. The van der Waals surface area contributed by atoms with E-state index in [1.54, 1.807) is 13.1 Å². The van der Waals surface area contributed by atoms with Gasteiger partial charge in [0.05, 0.1) is 16.4 Å². The van der Waals surface area contributed by atoms with Crippen LogP contribution in [0.3, 0.4) is 0 Å². The number of ether oxygens (including phenoxy) is 1. The average molecular weight is 438 g/mol. The summed E-state index contributed by atoms with van der Waals surface area (Å²) in [6.07, 6.45) is 0. The molecule has 0 aliphatic rings. The first-order valence-electron chi connectivity index (χ1n) is 8.49. The smallest absolute Gasteiger partial charge is 0.338 e. The molecule has 0 saturated heterocycles.